The second kappa shape index (κ2) is 8.85. The number of aromatic nitrogens is 2. The van der Waals surface area contributed by atoms with Crippen LogP contribution in [0, 0.1) is 17.0 Å². The largest absolute Gasteiger partial charge is 0.280 e. The predicted octanol–water partition coefficient (Wildman–Crippen LogP) is 5.15. The average molecular weight is 430 g/mol. The first-order chi connectivity index (χ1) is 15.0. The molecule has 0 spiro atoms. The van der Waals surface area contributed by atoms with Gasteiger partial charge in [0.1, 0.15) is 0 Å². The van der Waals surface area contributed by atoms with Crippen molar-refractivity contribution in [2.24, 2.45) is 0 Å². The van der Waals surface area contributed by atoms with Gasteiger partial charge in [0, 0.05) is 30.6 Å². The molecule has 7 nitrogen and oxygen atoms in total. The molecule has 0 unspecified atom stereocenters. The molecule has 4 rings (SSSR count). The van der Waals surface area contributed by atoms with Gasteiger partial charge in [0.2, 0.25) is 0 Å². The number of pyridine rings is 1. The number of carbonyl (C=O) groups excluding carboxylic acids is 1. The van der Waals surface area contributed by atoms with Crippen molar-refractivity contribution < 1.29 is 9.72 Å². The molecule has 0 saturated heterocycles. The van der Waals surface area contributed by atoms with Gasteiger partial charge in [0.05, 0.1) is 21.7 Å². The molecule has 0 fully saturated rings. The van der Waals surface area contributed by atoms with Crippen LogP contribution in [0.25, 0.3) is 16.3 Å². The van der Waals surface area contributed by atoms with E-state index < -0.39 is 4.92 Å². The van der Waals surface area contributed by atoms with E-state index in [1.165, 1.54) is 29.5 Å². The predicted molar refractivity (Wildman–Crippen MR) is 122 cm³/mol. The molecule has 4 aromatic rings. The Morgan fingerprint density at radius 2 is 2.00 bits per heavy atom. The molecular formula is C23H18N4O3S. The minimum atomic E-state index is -0.455. The number of hydrogen-bond acceptors (Lipinski definition) is 6. The lowest BCUT2D eigenvalue weighted by atomic mass is 10.2. The molecule has 0 N–H and O–H groups in total. The molecule has 2 aromatic carbocycles. The molecular weight excluding hydrogens is 412 g/mol. The molecule has 0 aliphatic heterocycles. The van der Waals surface area contributed by atoms with Gasteiger partial charge < -0.3 is 0 Å². The third-order valence-corrected chi connectivity index (χ3v) is 5.66. The van der Waals surface area contributed by atoms with Crippen LogP contribution >= 0.6 is 11.3 Å². The van der Waals surface area contributed by atoms with Gasteiger partial charge in [-0.3, -0.25) is 24.8 Å². The van der Waals surface area contributed by atoms with Crippen LogP contribution in [0.1, 0.15) is 16.7 Å². The summed E-state index contributed by atoms with van der Waals surface area (Å²) >= 11 is 1.46. The molecule has 0 atom stereocenters. The number of thiazole rings is 1. The molecule has 2 heterocycles. The van der Waals surface area contributed by atoms with Crippen LogP contribution in [0.3, 0.4) is 0 Å². The van der Waals surface area contributed by atoms with Gasteiger partial charge in [0.25, 0.3) is 11.6 Å². The summed E-state index contributed by atoms with van der Waals surface area (Å²) in [6.45, 7) is 2.35. The zero-order valence-electron chi connectivity index (χ0n) is 16.6. The van der Waals surface area contributed by atoms with Gasteiger partial charge in [-0.2, -0.15) is 0 Å². The number of carbonyl (C=O) groups is 1. The Morgan fingerprint density at radius 1 is 1.19 bits per heavy atom. The molecule has 0 radical (unpaired) electrons. The lowest BCUT2D eigenvalue weighted by molar-refractivity contribution is -0.384. The fourth-order valence-electron chi connectivity index (χ4n) is 3.01. The summed E-state index contributed by atoms with van der Waals surface area (Å²) in [6.07, 6.45) is 6.50. The van der Waals surface area contributed by atoms with Crippen LogP contribution in [-0.2, 0) is 11.3 Å². The minimum absolute atomic E-state index is 0.00597. The highest BCUT2D eigenvalue weighted by Gasteiger charge is 2.18. The van der Waals surface area contributed by atoms with Crippen molar-refractivity contribution in [3.05, 3.63) is 99.9 Å². The monoisotopic (exact) mass is 430 g/mol. The lowest BCUT2D eigenvalue weighted by Crippen LogP contribution is -2.28. The molecule has 0 aliphatic rings. The Bertz CT molecular complexity index is 1270. The zero-order chi connectivity index (χ0) is 21.8. The van der Waals surface area contributed by atoms with Crippen LogP contribution in [0.5, 0.6) is 0 Å². The van der Waals surface area contributed by atoms with Gasteiger partial charge in [-0.15, -0.1) is 0 Å². The minimum Gasteiger partial charge on any atom is -0.280 e. The van der Waals surface area contributed by atoms with E-state index in [2.05, 4.69) is 16.0 Å². The Kier molecular flexibility index (Phi) is 5.81. The van der Waals surface area contributed by atoms with E-state index in [0.717, 1.165) is 21.3 Å². The smallest absolute Gasteiger partial charge is 0.269 e. The molecule has 0 aliphatic carbocycles. The Hall–Kier alpha value is -3.91. The van der Waals surface area contributed by atoms with Gasteiger partial charge >= 0.3 is 0 Å². The second-order valence-electron chi connectivity index (χ2n) is 6.94. The first-order valence-corrected chi connectivity index (χ1v) is 10.3. The van der Waals surface area contributed by atoms with E-state index in [-0.39, 0.29) is 11.6 Å². The van der Waals surface area contributed by atoms with Crippen molar-refractivity contribution in [1.82, 2.24) is 9.97 Å². The zero-order valence-corrected chi connectivity index (χ0v) is 17.5. The Labute approximate surface area is 182 Å². The van der Waals surface area contributed by atoms with Gasteiger partial charge in [-0.25, -0.2) is 4.98 Å². The number of nitro groups is 1. The van der Waals surface area contributed by atoms with E-state index in [1.54, 1.807) is 35.5 Å². The quantitative estimate of drug-likeness (QED) is 0.240. The number of amides is 1. The number of hydrogen-bond donors (Lipinski definition) is 0. The van der Waals surface area contributed by atoms with Crippen molar-refractivity contribution >= 4 is 44.4 Å². The molecule has 0 bridgehead atoms. The standard InChI is InChI=1S/C23H18N4O3S/c1-16-4-10-20-21(13-16)31-23(25-20)26(15-18-3-2-12-24-14-18)22(28)11-7-17-5-8-19(9-6-17)27(29)30/h2-14H,15H2,1H3/b11-7+. The van der Waals surface area contributed by atoms with Gasteiger partial charge in [0.15, 0.2) is 5.13 Å². The maximum Gasteiger partial charge on any atom is 0.269 e. The lowest BCUT2D eigenvalue weighted by Gasteiger charge is -2.18. The number of nitro benzene ring substituents is 1. The third kappa shape index (κ3) is 4.81. The van der Waals surface area contributed by atoms with E-state index in [9.17, 15) is 14.9 Å². The maximum atomic E-state index is 13.1. The van der Waals surface area contributed by atoms with Crippen molar-refractivity contribution in [2.45, 2.75) is 13.5 Å². The third-order valence-electron chi connectivity index (χ3n) is 4.62. The first kappa shape index (κ1) is 20.4. The molecule has 1 amide bonds. The van der Waals surface area contributed by atoms with Crippen LogP contribution < -0.4 is 4.90 Å². The average Bonchev–Trinajstić information content (AvgIpc) is 3.19. The first-order valence-electron chi connectivity index (χ1n) is 9.50. The van der Waals surface area contributed by atoms with Crippen molar-refractivity contribution in [1.29, 1.82) is 0 Å². The summed E-state index contributed by atoms with van der Waals surface area (Å²) in [5.41, 5.74) is 3.56. The highest BCUT2D eigenvalue weighted by molar-refractivity contribution is 7.22. The van der Waals surface area contributed by atoms with Crippen molar-refractivity contribution in [3.8, 4) is 0 Å². The number of aryl methyl sites for hydroxylation is 1. The number of benzene rings is 2. The topological polar surface area (TPSA) is 89.2 Å². The van der Waals surface area contributed by atoms with Crippen molar-refractivity contribution in [3.63, 3.8) is 0 Å². The SMILES string of the molecule is Cc1ccc2nc(N(Cc3cccnc3)C(=O)/C=C/c3ccc([N+](=O)[O-])cc3)sc2c1. The number of nitrogens with zero attached hydrogens (tertiary/aromatic N) is 4. The van der Waals surface area contributed by atoms with E-state index >= 15 is 0 Å². The molecule has 31 heavy (non-hydrogen) atoms. The highest BCUT2D eigenvalue weighted by atomic mass is 32.1. The summed E-state index contributed by atoms with van der Waals surface area (Å²) < 4.78 is 1.01. The summed E-state index contributed by atoms with van der Waals surface area (Å²) in [5.74, 6) is -0.238. The van der Waals surface area contributed by atoms with E-state index in [4.69, 9.17) is 0 Å². The number of non-ortho nitro benzene ring substituents is 1. The fraction of sp³-hybridized carbons (Fsp3) is 0.0870. The van der Waals surface area contributed by atoms with Gasteiger partial charge in [-0.05, 0) is 60.0 Å². The van der Waals surface area contributed by atoms with Crippen LogP contribution in [-0.4, -0.2) is 20.8 Å². The van der Waals surface area contributed by atoms with E-state index in [1.807, 2.05) is 31.2 Å². The van der Waals surface area contributed by atoms with Crippen molar-refractivity contribution in [2.75, 3.05) is 4.90 Å². The maximum absolute atomic E-state index is 13.1. The number of anilines is 1. The molecule has 2 aromatic heterocycles. The van der Waals surface area contributed by atoms with E-state index in [0.29, 0.717) is 17.2 Å². The van der Waals surface area contributed by atoms with Crippen LogP contribution in [0.15, 0.2) is 73.1 Å². The fourth-order valence-corrected chi connectivity index (χ4v) is 4.08. The molecule has 154 valence electrons. The highest BCUT2D eigenvalue weighted by Crippen LogP contribution is 2.30. The Balaban J connectivity index is 1.64. The summed E-state index contributed by atoms with van der Waals surface area (Å²) in [6, 6.07) is 15.8. The second-order valence-corrected chi connectivity index (χ2v) is 7.94. The van der Waals surface area contributed by atoms with Crippen LogP contribution in [0.2, 0.25) is 0 Å². The van der Waals surface area contributed by atoms with Gasteiger partial charge in [-0.1, -0.05) is 23.5 Å². The summed E-state index contributed by atoms with van der Waals surface area (Å²) in [4.78, 5) is 33.9. The summed E-state index contributed by atoms with van der Waals surface area (Å²) in [5, 5.41) is 11.4. The molecule has 8 heteroatoms. The summed E-state index contributed by atoms with van der Waals surface area (Å²) in [7, 11) is 0. The Morgan fingerprint density at radius 3 is 2.71 bits per heavy atom. The van der Waals surface area contributed by atoms with Crippen LogP contribution in [0.4, 0.5) is 10.8 Å². The molecule has 0 saturated carbocycles. The number of rotatable bonds is 6. The number of fused-ring (bicyclic) bond motifs is 1. The normalized spacial score (nSPS) is 11.1.